The van der Waals surface area contributed by atoms with Crippen molar-refractivity contribution in [1.82, 2.24) is 15.5 Å². The Labute approximate surface area is 188 Å². The van der Waals surface area contributed by atoms with Gasteiger partial charge < -0.3 is 25.6 Å². The number of hydrogen-bond donors (Lipinski definition) is 3. The van der Waals surface area contributed by atoms with Crippen molar-refractivity contribution in [2.45, 2.75) is 26.4 Å². The maximum Gasteiger partial charge on any atom is 0.315 e. The van der Waals surface area contributed by atoms with E-state index in [2.05, 4.69) is 16.0 Å². The average Bonchev–Trinajstić information content (AvgIpc) is 2.82. The van der Waals surface area contributed by atoms with Gasteiger partial charge in [0, 0.05) is 30.9 Å². The molecule has 0 aliphatic carbocycles. The van der Waals surface area contributed by atoms with Gasteiger partial charge in [-0.1, -0.05) is 50.2 Å². The standard InChI is InChI=1S/C24H30N4O4/c1-17(2)21(27-24(31)25-16-18-7-4-3-5-8-18)22(29)26-20-10-6-9-19(15-20)23(30)28-11-13-32-14-12-28/h3-10,15,17,21H,11-14,16H2,1-2H3,(H,26,29)(H2,25,27,31). The smallest absolute Gasteiger partial charge is 0.315 e. The Hall–Kier alpha value is -3.39. The maximum absolute atomic E-state index is 12.9. The third kappa shape index (κ3) is 6.55. The van der Waals surface area contributed by atoms with E-state index < -0.39 is 12.1 Å². The van der Waals surface area contributed by atoms with Crippen LogP contribution in [0.4, 0.5) is 10.5 Å². The van der Waals surface area contributed by atoms with Gasteiger partial charge in [-0.2, -0.15) is 0 Å². The lowest BCUT2D eigenvalue weighted by atomic mass is 10.0. The van der Waals surface area contributed by atoms with Crippen molar-refractivity contribution in [2.24, 2.45) is 5.92 Å². The van der Waals surface area contributed by atoms with Gasteiger partial charge in [-0.05, 0) is 29.7 Å². The Morgan fingerprint density at radius 1 is 1.00 bits per heavy atom. The molecule has 0 bridgehead atoms. The first kappa shape index (κ1) is 23.3. The van der Waals surface area contributed by atoms with Crippen LogP contribution in [0.25, 0.3) is 0 Å². The molecule has 170 valence electrons. The zero-order chi connectivity index (χ0) is 22.9. The summed E-state index contributed by atoms with van der Waals surface area (Å²) in [4.78, 5) is 39.7. The fourth-order valence-corrected chi connectivity index (χ4v) is 3.40. The number of anilines is 1. The molecule has 2 aromatic rings. The van der Waals surface area contributed by atoms with Crippen molar-refractivity contribution in [2.75, 3.05) is 31.6 Å². The monoisotopic (exact) mass is 438 g/mol. The van der Waals surface area contributed by atoms with Gasteiger partial charge in [0.2, 0.25) is 5.91 Å². The van der Waals surface area contributed by atoms with E-state index in [0.717, 1.165) is 5.56 Å². The molecule has 2 aromatic carbocycles. The van der Waals surface area contributed by atoms with Gasteiger partial charge in [0.25, 0.3) is 5.91 Å². The maximum atomic E-state index is 12.9. The van der Waals surface area contributed by atoms with Gasteiger partial charge in [0.15, 0.2) is 0 Å². The predicted molar refractivity (Wildman–Crippen MR) is 122 cm³/mol. The lowest BCUT2D eigenvalue weighted by Crippen LogP contribution is -2.50. The molecule has 0 saturated carbocycles. The van der Waals surface area contributed by atoms with Gasteiger partial charge in [-0.3, -0.25) is 9.59 Å². The highest BCUT2D eigenvalue weighted by Crippen LogP contribution is 2.15. The Kier molecular flexibility index (Phi) is 8.21. The highest BCUT2D eigenvalue weighted by atomic mass is 16.5. The second-order valence-corrected chi connectivity index (χ2v) is 8.01. The van der Waals surface area contributed by atoms with Gasteiger partial charge in [-0.15, -0.1) is 0 Å². The third-order valence-electron chi connectivity index (χ3n) is 5.21. The number of carbonyl (C=O) groups excluding carboxylic acids is 3. The molecule has 4 amide bonds. The topological polar surface area (TPSA) is 99.8 Å². The highest BCUT2D eigenvalue weighted by Gasteiger charge is 2.25. The summed E-state index contributed by atoms with van der Waals surface area (Å²) in [5.41, 5.74) is 1.97. The number of urea groups is 1. The van der Waals surface area contributed by atoms with Crippen molar-refractivity contribution < 1.29 is 19.1 Å². The molecule has 8 heteroatoms. The van der Waals surface area contributed by atoms with E-state index in [-0.39, 0.29) is 17.7 Å². The average molecular weight is 439 g/mol. The molecular formula is C24H30N4O4. The first-order valence-corrected chi connectivity index (χ1v) is 10.8. The third-order valence-corrected chi connectivity index (χ3v) is 5.21. The number of benzene rings is 2. The van der Waals surface area contributed by atoms with Crippen LogP contribution in [0.3, 0.4) is 0 Å². The Bertz CT molecular complexity index is 927. The van der Waals surface area contributed by atoms with Crippen LogP contribution in [0.2, 0.25) is 0 Å². The molecule has 8 nitrogen and oxygen atoms in total. The van der Waals surface area contributed by atoms with Crippen molar-refractivity contribution >= 4 is 23.5 Å². The van der Waals surface area contributed by atoms with Crippen LogP contribution in [0.5, 0.6) is 0 Å². The van der Waals surface area contributed by atoms with Gasteiger partial charge in [0.1, 0.15) is 6.04 Å². The zero-order valence-electron chi connectivity index (χ0n) is 18.5. The van der Waals surface area contributed by atoms with Crippen LogP contribution in [-0.2, 0) is 16.1 Å². The van der Waals surface area contributed by atoms with E-state index in [1.54, 1.807) is 29.2 Å². The number of carbonyl (C=O) groups is 3. The molecule has 1 aliphatic heterocycles. The number of amides is 4. The molecule has 1 heterocycles. The van der Waals surface area contributed by atoms with E-state index in [4.69, 9.17) is 4.74 Å². The van der Waals surface area contributed by atoms with Gasteiger partial charge in [-0.25, -0.2) is 4.79 Å². The van der Waals surface area contributed by atoms with Crippen molar-refractivity contribution in [3.63, 3.8) is 0 Å². The number of nitrogens with one attached hydrogen (secondary N) is 3. The minimum atomic E-state index is -0.732. The first-order chi connectivity index (χ1) is 15.4. The number of morpholine rings is 1. The van der Waals surface area contributed by atoms with Crippen LogP contribution >= 0.6 is 0 Å². The van der Waals surface area contributed by atoms with Crippen molar-refractivity contribution in [1.29, 1.82) is 0 Å². The summed E-state index contributed by atoms with van der Waals surface area (Å²) in [6.45, 7) is 6.23. The molecule has 32 heavy (non-hydrogen) atoms. The van der Waals surface area contributed by atoms with Crippen molar-refractivity contribution in [3.8, 4) is 0 Å². The molecule has 0 aromatic heterocycles. The Balaban J connectivity index is 1.59. The van der Waals surface area contributed by atoms with Crippen LogP contribution in [0, 0.1) is 5.92 Å². The normalized spacial score (nSPS) is 14.5. The van der Waals surface area contributed by atoms with Crippen LogP contribution in [0.15, 0.2) is 54.6 Å². The summed E-state index contributed by atoms with van der Waals surface area (Å²) in [7, 11) is 0. The van der Waals surface area contributed by atoms with E-state index in [1.165, 1.54) is 0 Å². The molecule has 1 unspecified atom stereocenters. The lowest BCUT2D eigenvalue weighted by molar-refractivity contribution is -0.118. The van der Waals surface area contributed by atoms with Crippen molar-refractivity contribution in [3.05, 3.63) is 65.7 Å². The Morgan fingerprint density at radius 3 is 2.41 bits per heavy atom. The van der Waals surface area contributed by atoms with Gasteiger partial charge in [0.05, 0.1) is 13.2 Å². The zero-order valence-corrected chi connectivity index (χ0v) is 18.5. The minimum Gasteiger partial charge on any atom is -0.378 e. The molecule has 0 radical (unpaired) electrons. The summed E-state index contributed by atoms with van der Waals surface area (Å²) in [6, 6.07) is 15.2. The fraction of sp³-hybridized carbons (Fsp3) is 0.375. The molecule has 1 atom stereocenters. The van der Waals surface area contributed by atoms with E-state index in [9.17, 15) is 14.4 Å². The van der Waals surface area contributed by atoms with E-state index in [1.807, 2.05) is 44.2 Å². The first-order valence-electron chi connectivity index (χ1n) is 10.8. The number of ether oxygens (including phenoxy) is 1. The van der Waals surface area contributed by atoms with Crippen LogP contribution in [-0.4, -0.2) is 55.1 Å². The van der Waals surface area contributed by atoms with Crippen LogP contribution in [0.1, 0.15) is 29.8 Å². The summed E-state index contributed by atoms with van der Waals surface area (Å²) in [6.07, 6.45) is 0. The summed E-state index contributed by atoms with van der Waals surface area (Å²) in [5.74, 6) is -0.565. The minimum absolute atomic E-state index is 0.0942. The fourth-order valence-electron chi connectivity index (χ4n) is 3.40. The number of nitrogens with zero attached hydrogens (tertiary/aromatic N) is 1. The molecular weight excluding hydrogens is 408 g/mol. The van der Waals surface area contributed by atoms with Crippen LogP contribution < -0.4 is 16.0 Å². The molecule has 1 saturated heterocycles. The quantitative estimate of drug-likeness (QED) is 0.619. The molecule has 3 rings (SSSR count). The highest BCUT2D eigenvalue weighted by molar-refractivity contribution is 5.99. The molecule has 3 N–H and O–H groups in total. The second kappa shape index (κ2) is 11.3. The molecule has 1 fully saturated rings. The number of hydrogen-bond acceptors (Lipinski definition) is 4. The van der Waals surface area contributed by atoms with E-state index in [0.29, 0.717) is 44.1 Å². The summed E-state index contributed by atoms with van der Waals surface area (Å²) in [5, 5.41) is 8.34. The summed E-state index contributed by atoms with van der Waals surface area (Å²) >= 11 is 0. The summed E-state index contributed by atoms with van der Waals surface area (Å²) < 4.78 is 5.29. The largest absolute Gasteiger partial charge is 0.378 e. The lowest BCUT2D eigenvalue weighted by Gasteiger charge is -2.27. The van der Waals surface area contributed by atoms with E-state index >= 15 is 0 Å². The molecule has 0 spiro atoms. The van der Waals surface area contributed by atoms with Gasteiger partial charge >= 0.3 is 6.03 Å². The SMILES string of the molecule is CC(C)C(NC(=O)NCc1ccccc1)C(=O)Nc1cccc(C(=O)N2CCOCC2)c1. The Morgan fingerprint density at radius 2 is 1.72 bits per heavy atom. The predicted octanol–water partition coefficient (Wildman–Crippen LogP) is 2.62. The second-order valence-electron chi connectivity index (χ2n) is 8.01. The molecule has 1 aliphatic rings. The number of rotatable bonds is 7.